The molecule has 0 saturated carbocycles. The second-order valence-corrected chi connectivity index (χ2v) is 11.6. The minimum Gasteiger partial charge on any atom is -0.508 e. The maximum Gasteiger partial charge on any atom is 0.233 e. The van der Waals surface area contributed by atoms with Gasteiger partial charge in [-0.2, -0.15) is 0 Å². The van der Waals surface area contributed by atoms with Gasteiger partial charge in [0.25, 0.3) is 0 Å². The SMILES string of the molecule is O=C1C=C(Br)C(=O)C2=C1C(c1ccc(OCCO)cc1)C1=CCC3C(=O)N(CCc4ccc(O)cc4)C(=O)C3C1C2. The van der Waals surface area contributed by atoms with Crippen LogP contribution in [0.2, 0.25) is 0 Å². The van der Waals surface area contributed by atoms with E-state index in [1.54, 1.807) is 36.4 Å². The predicted molar refractivity (Wildman–Crippen MR) is 152 cm³/mol. The third-order valence-electron chi connectivity index (χ3n) is 8.56. The number of Topliss-reactive ketones (excluding diaryl/α,β-unsaturated/α-hetero) is 1. The smallest absolute Gasteiger partial charge is 0.233 e. The highest BCUT2D eigenvalue weighted by molar-refractivity contribution is 9.12. The number of aromatic hydroxyl groups is 1. The standard InChI is InChI=1S/C32H28BrNO7/c33-25-16-26(37)29-24(30(25)38)15-23-21(27(29)18-3-7-20(8-4-18)41-14-13-35)9-10-22-28(23)32(40)34(31(22)39)12-11-17-1-5-19(36)6-2-17/h1-9,16,22-23,27-28,35-36H,10-15H2. The van der Waals surface area contributed by atoms with Crippen LogP contribution in [0.15, 0.2) is 81.9 Å². The zero-order chi connectivity index (χ0) is 28.8. The molecule has 9 heteroatoms. The van der Waals surface area contributed by atoms with Crippen LogP contribution >= 0.6 is 15.9 Å². The number of benzene rings is 2. The van der Waals surface area contributed by atoms with Crippen molar-refractivity contribution in [3.63, 3.8) is 0 Å². The maximum absolute atomic E-state index is 13.9. The van der Waals surface area contributed by atoms with Crippen molar-refractivity contribution < 1.29 is 34.1 Å². The molecule has 0 radical (unpaired) electrons. The summed E-state index contributed by atoms with van der Waals surface area (Å²) in [6, 6.07) is 13.9. The van der Waals surface area contributed by atoms with Crippen molar-refractivity contribution in [3.05, 3.63) is 93.0 Å². The Bertz CT molecular complexity index is 1540. The van der Waals surface area contributed by atoms with Gasteiger partial charge in [0, 0.05) is 29.7 Å². The molecule has 8 nitrogen and oxygen atoms in total. The molecule has 0 bridgehead atoms. The molecule has 4 aliphatic rings. The number of fused-ring (bicyclic) bond motifs is 3. The molecule has 1 aliphatic heterocycles. The Kier molecular flexibility index (Phi) is 7.25. The third-order valence-corrected chi connectivity index (χ3v) is 9.15. The topological polar surface area (TPSA) is 121 Å². The highest BCUT2D eigenvalue weighted by Crippen LogP contribution is 2.55. The second-order valence-electron chi connectivity index (χ2n) is 10.8. The van der Waals surface area contributed by atoms with Crippen molar-refractivity contribution in [3.8, 4) is 11.5 Å². The Balaban J connectivity index is 1.34. The molecule has 4 unspecified atom stereocenters. The van der Waals surface area contributed by atoms with Crippen LogP contribution in [0.25, 0.3) is 0 Å². The molecular formula is C32H28BrNO7. The quantitative estimate of drug-likeness (QED) is 0.276. The van der Waals surface area contributed by atoms with Gasteiger partial charge in [0.15, 0.2) is 11.6 Å². The summed E-state index contributed by atoms with van der Waals surface area (Å²) in [5.74, 6) is -2.30. The summed E-state index contributed by atoms with van der Waals surface area (Å²) in [6.45, 7) is 0.268. The number of carbonyl (C=O) groups is 4. The highest BCUT2D eigenvalue weighted by atomic mass is 79.9. The van der Waals surface area contributed by atoms with E-state index < -0.39 is 23.7 Å². The van der Waals surface area contributed by atoms with E-state index in [0.29, 0.717) is 29.7 Å². The lowest BCUT2D eigenvalue weighted by atomic mass is 9.59. The molecule has 1 heterocycles. The maximum atomic E-state index is 13.9. The largest absolute Gasteiger partial charge is 0.508 e. The molecule has 210 valence electrons. The molecule has 1 saturated heterocycles. The zero-order valence-corrected chi connectivity index (χ0v) is 23.7. The van der Waals surface area contributed by atoms with E-state index in [4.69, 9.17) is 9.84 Å². The van der Waals surface area contributed by atoms with Gasteiger partial charge in [-0.05, 0) is 76.5 Å². The molecule has 2 amide bonds. The van der Waals surface area contributed by atoms with Crippen LogP contribution < -0.4 is 4.74 Å². The van der Waals surface area contributed by atoms with Gasteiger partial charge in [0.1, 0.15) is 18.1 Å². The Hall–Kier alpha value is -3.82. The Morgan fingerprint density at radius 3 is 2.39 bits per heavy atom. The van der Waals surface area contributed by atoms with E-state index in [-0.39, 0.29) is 59.8 Å². The number of hydrogen-bond acceptors (Lipinski definition) is 7. The number of phenolic OH excluding ortho intramolecular Hbond substituents is 1. The minimum atomic E-state index is -0.612. The first kappa shape index (κ1) is 27.4. The number of carbonyl (C=O) groups excluding carboxylic acids is 4. The molecule has 4 atom stereocenters. The molecular weight excluding hydrogens is 590 g/mol. The number of amides is 2. The Labute approximate surface area is 245 Å². The summed E-state index contributed by atoms with van der Waals surface area (Å²) in [5.41, 5.74) is 3.39. The number of aliphatic hydroxyl groups excluding tert-OH is 1. The number of nitrogens with zero attached hydrogens (tertiary/aromatic N) is 1. The highest BCUT2D eigenvalue weighted by Gasteiger charge is 2.56. The summed E-state index contributed by atoms with van der Waals surface area (Å²) < 4.78 is 5.70. The molecule has 0 spiro atoms. The predicted octanol–water partition coefficient (Wildman–Crippen LogP) is 3.77. The third kappa shape index (κ3) is 4.77. The van der Waals surface area contributed by atoms with Gasteiger partial charge in [-0.3, -0.25) is 24.1 Å². The van der Waals surface area contributed by atoms with E-state index >= 15 is 0 Å². The van der Waals surface area contributed by atoms with Gasteiger partial charge in [-0.1, -0.05) is 35.9 Å². The van der Waals surface area contributed by atoms with Crippen LogP contribution in [0.3, 0.4) is 0 Å². The number of aliphatic hydroxyl groups is 1. The number of ketones is 2. The molecule has 2 N–H and O–H groups in total. The average Bonchev–Trinajstić information content (AvgIpc) is 3.22. The van der Waals surface area contributed by atoms with E-state index in [2.05, 4.69) is 15.9 Å². The molecule has 2 aromatic carbocycles. The first-order valence-electron chi connectivity index (χ1n) is 13.6. The van der Waals surface area contributed by atoms with E-state index in [0.717, 1.165) is 16.7 Å². The molecule has 6 rings (SSSR count). The number of phenols is 1. The molecule has 3 aliphatic carbocycles. The Morgan fingerprint density at radius 2 is 1.68 bits per heavy atom. The van der Waals surface area contributed by atoms with Gasteiger partial charge < -0.3 is 14.9 Å². The summed E-state index contributed by atoms with van der Waals surface area (Å²) in [4.78, 5) is 55.4. The average molecular weight is 618 g/mol. The van der Waals surface area contributed by atoms with Crippen molar-refractivity contribution in [2.45, 2.75) is 25.2 Å². The molecule has 2 aromatic rings. The van der Waals surface area contributed by atoms with Crippen LogP contribution in [0.5, 0.6) is 11.5 Å². The van der Waals surface area contributed by atoms with Gasteiger partial charge in [-0.15, -0.1) is 0 Å². The van der Waals surface area contributed by atoms with Crippen molar-refractivity contribution in [1.29, 1.82) is 0 Å². The summed E-state index contributed by atoms with van der Waals surface area (Å²) in [5, 5.41) is 18.6. The summed E-state index contributed by atoms with van der Waals surface area (Å²) >= 11 is 3.25. The van der Waals surface area contributed by atoms with E-state index in [1.165, 1.54) is 11.0 Å². The van der Waals surface area contributed by atoms with Crippen LogP contribution in [-0.4, -0.2) is 58.3 Å². The van der Waals surface area contributed by atoms with Crippen molar-refractivity contribution in [2.24, 2.45) is 17.8 Å². The van der Waals surface area contributed by atoms with Crippen molar-refractivity contribution in [1.82, 2.24) is 4.90 Å². The van der Waals surface area contributed by atoms with Gasteiger partial charge >= 0.3 is 0 Å². The van der Waals surface area contributed by atoms with Crippen LogP contribution in [-0.2, 0) is 25.6 Å². The number of allylic oxidation sites excluding steroid dienone is 6. The Morgan fingerprint density at radius 1 is 0.951 bits per heavy atom. The van der Waals surface area contributed by atoms with Gasteiger partial charge in [0.2, 0.25) is 11.8 Å². The lowest BCUT2D eigenvalue weighted by Gasteiger charge is -2.42. The first-order valence-corrected chi connectivity index (χ1v) is 14.4. The van der Waals surface area contributed by atoms with E-state index in [1.807, 2.05) is 18.2 Å². The summed E-state index contributed by atoms with van der Waals surface area (Å²) in [7, 11) is 0. The van der Waals surface area contributed by atoms with Gasteiger partial charge in [-0.25, -0.2) is 0 Å². The number of halogens is 1. The number of likely N-dealkylation sites (tertiary alicyclic amines) is 1. The fraction of sp³-hybridized carbons (Fsp3) is 0.312. The summed E-state index contributed by atoms with van der Waals surface area (Å²) in [6.07, 6.45) is 4.38. The molecule has 1 fully saturated rings. The molecule has 0 aromatic heterocycles. The van der Waals surface area contributed by atoms with Crippen molar-refractivity contribution in [2.75, 3.05) is 19.8 Å². The zero-order valence-electron chi connectivity index (χ0n) is 22.1. The molecule has 41 heavy (non-hydrogen) atoms. The fourth-order valence-corrected chi connectivity index (χ4v) is 7.14. The number of ether oxygens (including phenoxy) is 1. The fourth-order valence-electron chi connectivity index (χ4n) is 6.70. The second kappa shape index (κ2) is 10.9. The lowest BCUT2D eigenvalue weighted by molar-refractivity contribution is -0.140. The number of rotatable bonds is 7. The van der Waals surface area contributed by atoms with Crippen LogP contribution in [0.1, 0.15) is 29.9 Å². The lowest BCUT2D eigenvalue weighted by Crippen LogP contribution is -2.39. The number of imide groups is 1. The first-order chi connectivity index (χ1) is 19.8. The van der Waals surface area contributed by atoms with Crippen molar-refractivity contribution >= 4 is 39.3 Å². The van der Waals surface area contributed by atoms with Crippen LogP contribution in [0.4, 0.5) is 0 Å². The van der Waals surface area contributed by atoms with E-state index in [9.17, 15) is 24.3 Å². The monoisotopic (exact) mass is 617 g/mol. The minimum absolute atomic E-state index is 0.117. The number of hydrogen-bond donors (Lipinski definition) is 2. The normalized spacial score (nSPS) is 25.5. The van der Waals surface area contributed by atoms with Crippen LogP contribution in [0, 0.1) is 17.8 Å². The van der Waals surface area contributed by atoms with Gasteiger partial charge in [0.05, 0.1) is 22.9 Å².